The fraction of sp³-hybridized carbons (Fsp3) is 0.944. The zero-order chi connectivity index (χ0) is 16.1. The fourth-order valence-electron chi connectivity index (χ4n) is 2.17. The summed E-state index contributed by atoms with van der Waals surface area (Å²) in [6.45, 7) is 10.3. The van der Waals surface area contributed by atoms with Gasteiger partial charge in [-0.2, -0.15) is 0 Å². The van der Waals surface area contributed by atoms with E-state index in [1.54, 1.807) is 0 Å². The third-order valence-electron chi connectivity index (χ3n) is 3.70. The van der Waals surface area contributed by atoms with Gasteiger partial charge in [-0.3, -0.25) is 4.79 Å². The van der Waals surface area contributed by atoms with Gasteiger partial charge in [-0.05, 0) is 39.0 Å². The summed E-state index contributed by atoms with van der Waals surface area (Å²) >= 11 is 0. The smallest absolute Gasteiger partial charge is 0.222 e. The first-order chi connectivity index (χ1) is 9.93. The molecular formula is C18H37NO2. The van der Waals surface area contributed by atoms with E-state index in [1.807, 2.05) is 11.9 Å². The van der Waals surface area contributed by atoms with E-state index in [-0.39, 0.29) is 0 Å². The van der Waals surface area contributed by atoms with Gasteiger partial charge in [0.05, 0.1) is 6.10 Å². The van der Waals surface area contributed by atoms with E-state index in [1.165, 1.54) is 25.7 Å². The van der Waals surface area contributed by atoms with Crippen LogP contribution in [-0.2, 0) is 9.53 Å². The molecule has 0 fully saturated rings. The van der Waals surface area contributed by atoms with Crippen molar-refractivity contribution in [2.24, 2.45) is 5.92 Å². The van der Waals surface area contributed by atoms with Gasteiger partial charge >= 0.3 is 0 Å². The van der Waals surface area contributed by atoms with Gasteiger partial charge in [-0.1, -0.05) is 39.5 Å². The maximum atomic E-state index is 11.9. The lowest BCUT2D eigenvalue weighted by Crippen LogP contribution is -2.28. The van der Waals surface area contributed by atoms with Crippen LogP contribution in [0.3, 0.4) is 0 Å². The summed E-state index contributed by atoms with van der Waals surface area (Å²) in [7, 11) is 1.93. The van der Waals surface area contributed by atoms with Gasteiger partial charge in [0, 0.05) is 26.6 Å². The molecular weight excluding hydrogens is 262 g/mol. The third kappa shape index (κ3) is 14.1. The van der Waals surface area contributed by atoms with Crippen molar-refractivity contribution in [3.8, 4) is 0 Å². The van der Waals surface area contributed by atoms with Crippen LogP contribution < -0.4 is 0 Å². The van der Waals surface area contributed by atoms with Gasteiger partial charge in [0.15, 0.2) is 0 Å². The van der Waals surface area contributed by atoms with Gasteiger partial charge in [0.25, 0.3) is 0 Å². The van der Waals surface area contributed by atoms with E-state index in [9.17, 15) is 4.79 Å². The minimum atomic E-state index is 0.306. The van der Waals surface area contributed by atoms with Gasteiger partial charge in [-0.25, -0.2) is 0 Å². The van der Waals surface area contributed by atoms with Crippen LogP contribution in [0.4, 0.5) is 0 Å². The monoisotopic (exact) mass is 299 g/mol. The zero-order valence-corrected chi connectivity index (χ0v) is 15.0. The number of carbonyl (C=O) groups excluding carboxylic acids is 1. The van der Waals surface area contributed by atoms with E-state index in [0.717, 1.165) is 32.4 Å². The summed E-state index contributed by atoms with van der Waals surface area (Å²) in [5.74, 6) is 0.973. The van der Waals surface area contributed by atoms with E-state index < -0.39 is 0 Å². The highest BCUT2D eigenvalue weighted by Gasteiger charge is 2.08. The predicted molar refractivity (Wildman–Crippen MR) is 90.5 cm³/mol. The van der Waals surface area contributed by atoms with E-state index in [0.29, 0.717) is 24.3 Å². The van der Waals surface area contributed by atoms with Crippen LogP contribution in [0.5, 0.6) is 0 Å². The number of hydrogen-bond acceptors (Lipinski definition) is 2. The molecule has 0 aromatic heterocycles. The molecule has 0 radical (unpaired) electrons. The average Bonchev–Trinajstić information content (AvgIpc) is 2.42. The molecule has 0 heterocycles. The van der Waals surface area contributed by atoms with Gasteiger partial charge < -0.3 is 9.64 Å². The zero-order valence-electron chi connectivity index (χ0n) is 15.0. The maximum Gasteiger partial charge on any atom is 0.222 e. The summed E-state index contributed by atoms with van der Waals surface area (Å²) < 4.78 is 5.52. The van der Waals surface area contributed by atoms with E-state index in [4.69, 9.17) is 4.74 Å². The molecule has 0 aliphatic carbocycles. The molecule has 1 amide bonds. The summed E-state index contributed by atoms with van der Waals surface area (Å²) in [6.07, 6.45) is 9.28. The number of unbranched alkanes of at least 4 members (excludes halogenated alkanes) is 5. The van der Waals surface area contributed by atoms with Crippen molar-refractivity contribution in [1.29, 1.82) is 0 Å². The molecule has 0 saturated heterocycles. The van der Waals surface area contributed by atoms with Crippen LogP contribution >= 0.6 is 0 Å². The molecule has 0 aliphatic heterocycles. The largest absolute Gasteiger partial charge is 0.379 e. The Kier molecular flexibility index (Phi) is 12.8. The number of nitrogens with zero attached hydrogens (tertiary/aromatic N) is 1. The van der Waals surface area contributed by atoms with Crippen LogP contribution in [0.1, 0.15) is 79.1 Å². The topological polar surface area (TPSA) is 29.5 Å². The number of rotatable bonds is 13. The Hall–Kier alpha value is -0.570. The standard InChI is InChI=1S/C18H37NO2/c1-16(2)13-14-19(5)18(20)12-10-8-6-7-9-11-15-21-17(3)4/h16-17H,6-15H2,1-5H3. The molecule has 0 bridgehead atoms. The molecule has 0 unspecified atom stereocenters. The number of amides is 1. The Morgan fingerprint density at radius 3 is 2.10 bits per heavy atom. The summed E-state index contributed by atoms with van der Waals surface area (Å²) in [6, 6.07) is 0. The highest BCUT2D eigenvalue weighted by molar-refractivity contribution is 5.75. The van der Waals surface area contributed by atoms with Crippen molar-refractivity contribution in [2.45, 2.75) is 85.2 Å². The minimum absolute atomic E-state index is 0.306. The molecule has 0 rings (SSSR count). The number of hydrogen-bond donors (Lipinski definition) is 0. The van der Waals surface area contributed by atoms with E-state index in [2.05, 4.69) is 27.7 Å². The molecule has 0 aromatic carbocycles. The summed E-state index contributed by atoms with van der Waals surface area (Å²) in [5, 5.41) is 0. The highest BCUT2D eigenvalue weighted by atomic mass is 16.5. The third-order valence-corrected chi connectivity index (χ3v) is 3.70. The Balaban J connectivity index is 3.35. The van der Waals surface area contributed by atoms with Crippen molar-refractivity contribution in [1.82, 2.24) is 4.90 Å². The van der Waals surface area contributed by atoms with Crippen molar-refractivity contribution in [3.05, 3.63) is 0 Å². The lowest BCUT2D eigenvalue weighted by molar-refractivity contribution is -0.130. The van der Waals surface area contributed by atoms with Gasteiger partial charge in [0.1, 0.15) is 0 Å². The molecule has 0 spiro atoms. The molecule has 21 heavy (non-hydrogen) atoms. The highest BCUT2D eigenvalue weighted by Crippen LogP contribution is 2.09. The van der Waals surface area contributed by atoms with Crippen molar-refractivity contribution in [2.75, 3.05) is 20.2 Å². The molecule has 3 nitrogen and oxygen atoms in total. The van der Waals surface area contributed by atoms with Crippen LogP contribution in [0.15, 0.2) is 0 Å². The number of carbonyl (C=O) groups is 1. The second-order valence-electron chi connectivity index (χ2n) is 6.79. The Bertz CT molecular complexity index is 252. The fourth-order valence-corrected chi connectivity index (χ4v) is 2.17. The van der Waals surface area contributed by atoms with Crippen LogP contribution in [0, 0.1) is 5.92 Å². The first kappa shape index (κ1) is 20.4. The average molecular weight is 299 g/mol. The molecule has 0 N–H and O–H groups in total. The second kappa shape index (κ2) is 13.1. The normalized spacial score (nSPS) is 11.4. The van der Waals surface area contributed by atoms with E-state index >= 15 is 0 Å². The molecule has 0 aliphatic rings. The van der Waals surface area contributed by atoms with Gasteiger partial charge in [-0.15, -0.1) is 0 Å². The molecule has 0 aromatic rings. The second-order valence-corrected chi connectivity index (χ2v) is 6.79. The molecule has 126 valence electrons. The first-order valence-electron chi connectivity index (χ1n) is 8.79. The minimum Gasteiger partial charge on any atom is -0.379 e. The van der Waals surface area contributed by atoms with Crippen molar-refractivity contribution < 1.29 is 9.53 Å². The molecule has 0 saturated carbocycles. The van der Waals surface area contributed by atoms with Crippen LogP contribution in [-0.4, -0.2) is 37.1 Å². The molecule has 0 atom stereocenters. The van der Waals surface area contributed by atoms with Crippen molar-refractivity contribution >= 4 is 5.91 Å². The Morgan fingerprint density at radius 1 is 0.952 bits per heavy atom. The Morgan fingerprint density at radius 2 is 1.52 bits per heavy atom. The molecule has 3 heteroatoms. The lowest BCUT2D eigenvalue weighted by Gasteiger charge is -2.18. The van der Waals surface area contributed by atoms with Crippen LogP contribution in [0.2, 0.25) is 0 Å². The summed E-state index contributed by atoms with van der Waals surface area (Å²) in [5.41, 5.74) is 0. The van der Waals surface area contributed by atoms with Crippen LogP contribution in [0.25, 0.3) is 0 Å². The Labute approximate surface area is 132 Å². The van der Waals surface area contributed by atoms with Gasteiger partial charge in [0.2, 0.25) is 5.91 Å². The van der Waals surface area contributed by atoms with Crippen molar-refractivity contribution in [3.63, 3.8) is 0 Å². The summed E-state index contributed by atoms with van der Waals surface area (Å²) in [4.78, 5) is 13.8. The maximum absolute atomic E-state index is 11.9. The number of ether oxygens (including phenoxy) is 1. The predicted octanol–water partition coefficient (Wildman–Crippen LogP) is 4.65. The lowest BCUT2D eigenvalue weighted by atomic mass is 10.1. The quantitative estimate of drug-likeness (QED) is 0.463. The first-order valence-corrected chi connectivity index (χ1v) is 8.79. The SMILES string of the molecule is CC(C)CCN(C)C(=O)CCCCCCCCOC(C)C.